The van der Waals surface area contributed by atoms with Gasteiger partial charge in [-0.1, -0.05) is 0 Å². The van der Waals surface area contributed by atoms with Crippen LogP contribution in [0.3, 0.4) is 0 Å². The molecule has 1 aliphatic heterocycles. The van der Waals surface area contributed by atoms with E-state index in [1.165, 1.54) is 17.0 Å². The lowest BCUT2D eigenvalue weighted by Crippen LogP contribution is -2.45. The molecular formula is C16H28N4O. The van der Waals surface area contributed by atoms with Crippen LogP contribution in [0.15, 0.2) is 6.07 Å². The Balaban J connectivity index is 1.81. The summed E-state index contributed by atoms with van der Waals surface area (Å²) in [5, 5.41) is 3.66. The molecule has 2 heterocycles. The van der Waals surface area contributed by atoms with Crippen molar-refractivity contribution in [3.63, 3.8) is 0 Å². The molecule has 1 saturated heterocycles. The molecule has 0 unspecified atom stereocenters. The maximum absolute atomic E-state index is 10.9. The second kappa shape index (κ2) is 7.09. The molecule has 5 nitrogen and oxygen atoms in total. The number of likely N-dealkylation sites (tertiary alicyclic amines) is 1. The molecule has 5 heteroatoms. The van der Waals surface area contributed by atoms with Crippen molar-refractivity contribution in [3.8, 4) is 0 Å². The number of nitrogens with two attached hydrogens (primary N) is 1. The van der Waals surface area contributed by atoms with Crippen molar-refractivity contribution < 1.29 is 4.79 Å². The van der Waals surface area contributed by atoms with E-state index in [-0.39, 0.29) is 5.91 Å². The Kier molecular flexibility index (Phi) is 5.42. The fourth-order valence-electron chi connectivity index (χ4n) is 3.31. The van der Waals surface area contributed by atoms with Gasteiger partial charge in [0.1, 0.15) is 0 Å². The SMILES string of the molecule is CCn1c(C)cc(CNC2CCN(CC(N)=O)CC2)c1C. The second-order valence-corrected chi connectivity index (χ2v) is 6.04. The summed E-state index contributed by atoms with van der Waals surface area (Å²) >= 11 is 0. The van der Waals surface area contributed by atoms with E-state index in [1.54, 1.807) is 0 Å². The summed E-state index contributed by atoms with van der Waals surface area (Å²) in [6, 6.07) is 2.83. The molecule has 0 atom stereocenters. The number of piperidine rings is 1. The average molecular weight is 292 g/mol. The van der Waals surface area contributed by atoms with Crippen molar-refractivity contribution in [3.05, 3.63) is 23.0 Å². The zero-order valence-corrected chi connectivity index (χ0v) is 13.5. The van der Waals surface area contributed by atoms with E-state index in [1.807, 2.05) is 0 Å². The van der Waals surface area contributed by atoms with E-state index in [0.29, 0.717) is 12.6 Å². The zero-order valence-electron chi connectivity index (χ0n) is 13.5. The minimum Gasteiger partial charge on any atom is -0.369 e. The van der Waals surface area contributed by atoms with Crippen LogP contribution < -0.4 is 11.1 Å². The third kappa shape index (κ3) is 4.08. The lowest BCUT2D eigenvalue weighted by atomic mass is 10.0. The number of carbonyl (C=O) groups excluding carboxylic acids is 1. The third-order valence-electron chi connectivity index (χ3n) is 4.54. The van der Waals surface area contributed by atoms with Crippen LogP contribution in [0.2, 0.25) is 0 Å². The van der Waals surface area contributed by atoms with Gasteiger partial charge in [-0.3, -0.25) is 9.69 Å². The first-order chi connectivity index (χ1) is 10.0. The van der Waals surface area contributed by atoms with Gasteiger partial charge in [0, 0.05) is 43.6 Å². The molecule has 1 aliphatic rings. The van der Waals surface area contributed by atoms with Gasteiger partial charge in [0.15, 0.2) is 0 Å². The summed E-state index contributed by atoms with van der Waals surface area (Å²) in [6.07, 6.45) is 2.17. The molecule has 0 saturated carbocycles. The minimum atomic E-state index is -0.228. The van der Waals surface area contributed by atoms with Crippen LogP contribution in [0.4, 0.5) is 0 Å². The van der Waals surface area contributed by atoms with Crippen LogP contribution in [0.25, 0.3) is 0 Å². The van der Waals surface area contributed by atoms with E-state index in [4.69, 9.17) is 5.73 Å². The average Bonchev–Trinajstić information content (AvgIpc) is 2.71. The van der Waals surface area contributed by atoms with Crippen LogP contribution in [-0.4, -0.2) is 41.1 Å². The van der Waals surface area contributed by atoms with E-state index in [9.17, 15) is 4.79 Å². The highest BCUT2D eigenvalue weighted by Crippen LogP contribution is 2.16. The summed E-state index contributed by atoms with van der Waals surface area (Å²) in [5.74, 6) is -0.228. The molecule has 1 aromatic rings. The molecule has 0 radical (unpaired) electrons. The lowest BCUT2D eigenvalue weighted by molar-refractivity contribution is -0.119. The molecule has 1 aromatic heterocycles. The molecular weight excluding hydrogens is 264 g/mol. The van der Waals surface area contributed by atoms with Crippen molar-refractivity contribution in [1.29, 1.82) is 0 Å². The van der Waals surface area contributed by atoms with Crippen LogP contribution >= 0.6 is 0 Å². The van der Waals surface area contributed by atoms with Gasteiger partial charge in [-0.05, 0) is 45.2 Å². The number of nitrogens with zero attached hydrogens (tertiary/aromatic N) is 2. The van der Waals surface area contributed by atoms with Gasteiger partial charge in [0.05, 0.1) is 6.54 Å². The summed E-state index contributed by atoms with van der Waals surface area (Å²) in [6.45, 7) is 10.8. The number of hydrogen-bond acceptors (Lipinski definition) is 3. The number of rotatable bonds is 6. The van der Waals surface area contributed by atoms with E-state index < -0.39 is 0 Å². The van der Waals surface area contributed by atoms with Crippen LogP contribution in [0.5, 0.6) is 0 Å². The Morgan fingerprint density at radius 1 is 1.38 bits per heavy atom. The molecule has 2 rings (SSSR count). The van der Waals surface area contributed by atoms with Gasteiger partial charge >= 0.3 is 0 Å². The van der Waals surface area contributed by atoms with Crippen LogP contribution in [0.1, 0.15) is 36.7 Å². The van der Waals surface area contributed by atoms with Crippen molar-refractivity contribution in [2.24, 2.45) is 5.73 Å². The summed E-state index contributed by atoms with van der Waals surface area (Å²) in [5.41, 5.74) is 9.34. The lowest BCUT2D eigenvalue weighted by Gasteiger charge is -2.31. The van der Waals surface area contributed by atoms with E-state index >= 15 is 0 Å². The fourth-order valence-corrected chi connectivity index (χ4v) is 3.31. The van der Waals surface area contributed by atoms with Gasteiger partial charge in [0.2, 0.25) is 5.91 Å². The largest absolute Gasteiger partial charge is 0.369 e. The summed E-state index contributed by atoms with van der Waals surface area (Å²) in [4.78, 5) is 13.1. The number of hydrogen-bond donors (Lipinski definition) is 2. The van der Waals surface area contributed by atoms with Gasteiger partial charge in [0.25, 0.3) is 0 Å². The number of aromatic nitrogens is 1. The maximum Gasteiger partial charge on any atom is 0.231 e. The Bertz CT molecular complexity index is 487. The molecule has 0 aromatic carbocycles. The third-order valence-corrected chi connectivity index (χ3v) is 4.54. The van der Waals surface area contributed by atoms with Crippen molar-refractivity contribution >= 4 is 5.91 Å². The highest BCUT2D eigenvalue weighted by molar-refractivity contribution is 5.75. The monoisotopic (exact) mass is 292 g/mol. The molecule has 3 N–H and O–H groups in total. The number of amides is 1. The Morgan fingerprint density at radius 2 is 2.05 bits per heavy atom. The Morgan fingerprint density at radius 3 is 2.57 bits per heavy atom. The fraction of sp³-hybridized carbons (Fsp3) is 0.688. The van der Waals surface area contributed by atoms with Crippen LogP contribution in [-0.2, 0) is 17.9 Å². The molecule has 0 spiro atoms. The number of aryl methyl sites for hydroxylation is 1. The summed E-state index contributed by atoms with van der Waals surface area (Å²) in [7, 11) is 0. The maximum atomic E-state index is 10.9. The molecule has 1 amide bonds. The van der Waals surface area contributed by atoms with Gasteiger partial charge < -0.3 is 15.6 Å². The minimum absolute atomic E-state index is 0.228. The number of primary amides is 1. The zero-order chi connectivity index (χ0) is 15.4. The first-order valence-corrected chi connectivity index (χ1v) is 7.91. The molecule has 0 bridgehead atoms. The Labute approximate surface area is 127 Å². The molecule has 1 fully saturated rings. The van der Waals surface area contributed by atoms with Gasteiger partial charge in [-0.15, -0.1) is 0 Å². The first kappa shape index (κ1) is 16.0. The smallest absolute Gasteiger partial charge is 0.231 e. The highest BCUT2D eigenvalue weighted by Gasteiger charge is 2.20. The predicted octanol–water partition coefficient (Wildman–Crippen LogP) is 1.16. The van der Waals surface area contributed by atoms with E-state index in [0.717, 1.165) is 39.0 Å². The molecule has 21 heavy (non-hydrogen) atoms. The van der Waals surface area contributed by atoms with Crippen molar-refractivity contribution in [1.82, 2.24) is 14.8 Å². The Hall–Kier alpha value is -1.33. The van der Waals surface area contributed by atoms with Gasteiger partial charge in [-0.25, -0.2) is 0 Å². The van der Waals surface area contributed by atoms with Gasteiger partial charge in [-0.2, -0.15) is 0 Å². The topological polar surface area (TPSA) is 63.3 Å². The molecule has 0 aliphatic carbocycles. The first-order valence-electron chi connectivity index (χ1n) is 7.91. The molecule has 118 valence electrons. The standard InChI is InChI=1S/C16H28N4O/c1-4-20-12(2)9-14(13(20)3)10-18-15-5-7-19(8-6-15)11-16(17)21/h9,15,18H,4-8,10-11H2,1-3H3,(H2,17,21). The van der Waals surface area contributed by atoms with Crippen molar-refractivity contribution in [2.45, 2.75) is 52.7 Å². The highest BCUT2D eigenvalue weighted by atomic mass is 16.1. The van der Waals surface area contributed by atoms with Crippen molar-refractivity contribution in [2.75, 3.05) is 19.6 Å². The number of nitrogens with one attached hydrogen (secondary N) is 1. The van der Waals surface area contributed by atoms with Crippen LogP contribution in [0, 0.1) is 13.8 Å². The quantitative estimate of drug-likeness (QED) is 0.827. The second-order valence-electron chi connectivity index (χ2n) is 6.04. The van der Waals surface area contributed by atoms with E-state index in [2.05, 4.69) is 41.6 Å². The predicted molar refractivity (Wildman–Crippen MR) is 85.1 cm³/mol. The normalized spacial score (nSPS) is 17.3. The summed E-state index contributed by atoms with van der Waals surface area (Å²) < 4.78 is 2.35. The number of carbonyl (C=O) groups is 1.